The van der Waals surface area contributed by atoms with Crippen LogP contribution in [0, 0.1) is 0 Å². The highest BCUT2D eigenvalue weighted by Crippen LogP contribution is 2.20. The average molecular weight is 321 g/mol. The molecule has 0 spiro atoms. The van der Waals surface area contributed by atoms with Crippen molar-refractivity contribution in [1.29, 1.82) is 0 Å². The van der Waals surface area contributed by atoms with Crippen LogP contribution in [0.25, 0.3) is 5.69 Å². The van der Waals surface area contributed by atoms with Gasteiger partial charge in [-0.15, -0.1) is 6.58 Å². The molecule has 1 heterocycles. The standard InChI is InChI=1S/C15H17ClN4O2/c1-2-7-19(8-9-21)15(22)18-12-10-17-20(11-12)14-6-4-3-5-13(14)16/h2-6,10-11,21H,1,7-9H2,(H,18,22). The number of nitrogens with zero attached hydrogens (tertiary/aromatic N) is 3. The maximum absolute atomic E-state index is 12.1. The molecular weight excluding hydrogens is 304 g/mol. The molecule has 0 bridgehead atoms. The van der Waals surface area contributed by atoms with Crippen molar-refractivity contribution in [3.8, 4) is 5.69 Å². The van der Waals surface area contributed by atoms with Crippen molar-refractivity contribution in [3.63, 3.8) is 0 Å². The lowest BCUT2D eigenvalue weighted by Crippen LogP contribution is -2.37. The Morgan fingerprint density at radius 2 is 2.27 bits per heavy atom. The summed E-state index contributed by atoms with van der Waals surface area (Å²) in [4.78, 5) is 13.5. The normalized spacial score (nSPS) is 10.3. The van der Waals surface area contributed by atoms with Crippen molar-refractivity contribution >= 4 is 23.3 Å². The first-order valence-corrected chi connectivity index (χ1v) is 7.10. The van der Waals surface area contributed by atoms with E-state index in [9.17, 15) is 4.79 Å². The Kier molecular flexibility index (Phi) is 5.57. The van der Waals surface area contributed by atoms with Crippen molar-refractivity contribution in [2.75, 3.05) is 25.0 Å². The Morgan fingerprint density at radius 1 is 1.50 bits per heavy atom. The van der Waals surface area contributed by atoms with Crippen molar-refractivity contribution in [2.45, 2.75) is 0 Å². The van der Waals surface area contributed by atoms with E-state index in [1.54, 1.807) is 23.0 Å². The minimum atomic E-state index is -0.326. The lowest BCUT2D eigenvalue weighted by Gasteiger charge is -2.19. The van der Waals surface area contributed by atoms with E-state index in [1.165, 1.54) is 11.1 Å². The van der Waals surface area contributed by atoms with Gasteiger partial charge in [-0.05, 0) is 12.1 Å². The molecule has 0 unspecified atom stereocenters. The predicted octanol–water partition coefficient (Wildman–Crippen LogP) is 2.54. The van der Waals surface area contributed by atoms with E-state index in [1.807, 2.05) is 18.2 Å². The van der Waals surface area contributed by atoms with Crippen molar-refractivity contribution < 1.29 is 9.90 Å². The van der Waals surface area contributed by atoms with Crippen LogP contribution in [0.5, 0.6) is 0 Å². The molecule has 2 aromatic rings. The summed E-state index contributed by atoms with van der Waals surface area (Å²) in [7, 11) is 0. The van der Waals surface area contributed by atoms with Gasteiger partial charge in [0, 0.05) is 13.1 Å². The summed E-state index contributed by atoms with van der Waals surface area (Å²) in [5, 5.41) is 16.4. The molecule has 0 atom stereocenters. The van der Waals surface area contributed by atoms with E-state index >= 15 is 0 Å². The summed E-state index contributed by atoms with van der Waals surface area (Å²) in [5.74, 6) is 0. The van der Waals surface area contributed by atoms with Crippen molar-refractivity contribution in [3.05, 3.63) is 54.3 Å². The maximum Gasteiger partial charge on any atom is 0.322 e. The van der Waals surface area contributed by atoms with Crippen LogP contribution in [0.3, 0.4) is 0 Å². The first-order chi connectivity index (χ1) is 10.7. The van der Waals surface area contributed by atoms with E-state index in [0.29, 0.717) is 17.3 Å². The third kappa shape index (κ3) is 3.87. The zero-order valence-corrected chi connectivity index (χ0v) is 12.7. The summed E-state index contributed by atoms with van der Waals surface area (Å²) in [6.45, 7) is 4.07. The monoisotopic (exact) mass is 320 g/mol. The molecule has 1 aromatic carbocycles. The van der Waals surface area contributed by atoms with Gasteiger partial charge in [-0.25, -0.2) is 9.48 Å². The minimum absolute atomic E-state index is 0.111. The molecule has 1 aromatic heterocycles. The Hall–Kier alpha value is -2.31. The van der Waals surface area contributed by atoms with Gasteiger partial charge in [-0.1, -0.05) is 29.8 Å². The van der Waals surface area contributed by atoms with Gasteiger partial charge in [0.1, 0.15) is 0 Å². The number of halogens is 1. The number of urea groups is 1. The number of nitrogens with one attached hydrogen (secondary N) is 1. The van der Waals surface area contributed by atoms with Gasteiger partial charge < -0.3 is 15.3 Å². The van der Waals surface area contributed by atoms with Crippen LogP contribution in [0.2, 0.25) is 5.02 Å². The van der Waals surface area contributed by atoms with E-state index < -0.39 is 0 Å². The number of amides is 2. The molecule has 2 N–H and O–H groups in total. The molecule has 2 rings (SSSR count). The number of anilines is 1. The second kappa shape index (κ2) is 7.63. The summed E-state index contributed by atoms with van der Waals surface area (Å²) in [6.07, 6.45) is 4.80. The zero-order valence-electron chi connectivity index (χ0n) is 11.9. The first-order valence-electron chi connectivity index (χ1n) is 6.73. The third-order valence-electron chi connectivity index (χ3n) is 2.94. The maximum atomic E-state index is 12.1. The van der Waals surface area contributed by atoms with Gasteiger partial charge in [0.2, 0.25) is 0 Å². The molecule has 0 saturated carbocycles. The highest BCUT2D eigenvalue weighted by Gasteiger charge is 2.13. The fourth-order valence-electron chi connectivity index (χ4n) is 1.91. The molecule has 0 aliphatic rings. The van der Waals surface area contributed by atoms with E-state index in [0.717, 1.165) is 5.69 Å². The fraction of sp³-hybridized carbons (Fsp3) is 0.200. The Labute approximate surface area is 133 Å². The topological polar surface area (TPSA) is 70.4 Å². The number of para-hydroxylation sites is 1. The van der Waals surface area contributed by atoms with Crippen molar-refractivity contribution in [1.82, 2.24) is 14.7 Å². The number of aliphatic hydroxyl groups is 1. The number of benzene rings is 1. The Bertz CT molecular complexity index is 656. The zero-order chi connectivity index (χ0) is 15.9. The lowest BCUT2D eigenvalue weighted by molar-refractivity contribution is 0.195. The molecule has 0 radical (unpaired) electrons. The SMILES string of the molecule is C=CCN(CCO)C(=O)Nc1cnn(-c2ccccc2Cl)c1. The van der Waals surface area contributed by atoms with Crippen LogP contribution in [-0.4, -0.2) is 45.5 Å². The highest BCUT2D eigenvalue weighted by atomic mass is 35.5. The minimum Gasteiger partial charge on any atom is -0.395 e. The molecule has 0 aliphatic carbocycles. The van der Waals surface area contributed by atoms with Crippen LogP contribution < -0.4 is 5.32 Å². The number of carbonyl (C=O) groups is 1. The molecule has 2 amide bonds. The predicted molar refractivity (Wildman–Crippen MR) is 86.4 cm³/mol. The van der Waals surface area contributed by atoms with Crippen LogP contribution >= 0.6 is 11.6 Å². The van der Waals surface area contributed by atoms with Gasteiger partial charge in [0.25, 0.3) is 0 Å². The van der Waals surface area contributed by atoms with E-state index in [4.69, 9.17) is 16.7 Å². The van der Waals surface area contributed by atoms with Crippen LogP contribution in [0.15, 0.2) is 49.3 Å². The Balaban J connectivity index is 2.10. The van der Waals surface area contributed by atoms with Crippen molar-refractivity contribution in [2.24, 2.45) is 0 Å². The van der Waals surface area contributed by atoms with Gasteiger partial charge in [-0.3, -0.25) is 0 Å². The van der Waals surface area contributed by atoms with Gasteiger partial charge in [0.15, 0.2) is 0 Å². The third-order valence-corrected chi connectivity index (χ3v) is 3.26. The number of hydrogen-bond acceptors (Lipinski definition) is 3. The van der Waals surface area contributed by atoms with Crippen LogP contribution in [-0.2, 0) is 0 Å². The van der Waals surface area contributed by atoms with Gasteiger partial charge in [0.05, 0.1) is 35.4 Å². The van der Waals surface area contributed by atoms with Gasteiger partial charge in [-0.2, -0.15) is 5.10 Å². The molecular formula is C15H17ClN4O2. The molecule has 22 heavy (non-hydrogen) atoms. The first kappa shape index (κ1) is 16.1. The molecule has 0 aliphatic heterocycles. The number of hydrogen-bond donors (Lipinski definition) is 2. The summed E-state index contributed by atoms with van der Waals surface area (Å²) in [6, 6.07) is 6.96. The second-order valence-corrected chi connectivity index (χ2v) is 4.92. The highest BCUT2D eigenvalue weighted by molar-refractivity contribution is 6.32. The van der Waals surface area contributed by atoms with Gasteiger partial charge >= 0.3 is 6.03 Å². The van der Waals surface area contributed by atoms with E-state index in [2.05, 4.69) is 17.0 Å². The molecule has 7 heteroatoms. The molecule has 116 valence electrons. The number of carbonyl (C=O) groups excluding carboxylic acids is 1. The average Bonchev–Trinajstić information content (AvgIpc) is 2.95. The fourth-order valence-corrected chi connectivity index (χ4v) is 2.13. The second-order valence-electron chi connectivity index (χ2n) is 4.51. The number of rotatable bonds is 6. The quantitative estimate of drug-likeness (QED) is 0.804. The van der Waals surface area contributed by atoms with E-state index in [-0.39, 0.29) is 19.2 Å². The summed E-state index contributed by atoms with van der Waals surface area (Å²) >= 11 is 6.11. The smallest absolute Gasteiger partial charge is 0.322 e. The Morgan fingerprint density at radius 3 is 2.95 bits per heavy atom. The lowest BCUT2D eigenvalue weighted by atomic mass is 10.3. The molecule has 6 nitrogen and oxygen atoms in total. The molecule has 0 saturated heterocycles. The van der Waals surface area contributed by atoms with Crippen LogP contribution in [0.4, 0.5) is 10.5 Å². The number of aromatic nitrogens is 2. The van der Waals surface area contributed by atoms with Crippen LogP contribution in [0.1, 0.15) is 0 Å². The summed E-state index contributed by atoms with van der Waals surface area (Å²) in [5.41, 5.74) is 1.26. The number of aliphatic hydroxyl groups excluding tert-OH is 1. The summed E-state index contributed by atoms with van der Waals surface area (Å²) < 4.78 is 1.59. The molecule has 0 fully saturated rings. The largest absolute Gasteiger partial charge is 0.395 e.